The van der Waals surface area contributed by atoms with Gasteiger partial charge in [-0.15, -0.1) is 5.10 Å². The molecule has 0 saturated heterocycles. The average Bonchev–Trinajstić information content (AvgIpc) is 2.95. The molecule has 0 amide bonds. The fourth-order valence-corrected chi connectivity index (χ4v) is 2.59. The lowest BCUT2D eigenvalue weighted by Gasteiger charge is -2.13. The van der Waals surface area contributed by atoms with E-state index in [1.165, 1.54) is 16.7 Å². The molecule has 0 atom stereocenters. The number of benzene rings is 2. The Hall–Kier alpha value is -2.69. The maximum atomic E-state index is 4.06. The van der Waals surface area contributed by atoms with E-state index in [4.69, 9.17) is 0 Å². The molecule has 118 valence electrons. The normalized spacial score (nSPS) is 10.8. The summed E-state index contributed by atoms with van der Waals surface area (Å²) < 4.78 is 1.76. The van der Waals surface area contributed by atoms with Gasteiger partial charge in [0.1, 0.15) is 0 Å². The van der Waals surface area contributed by atoms with Gasteiger partial charge in [-0.3, -0.25) is 0 Å². The lowest BCUT2D eigenvalue weighted by Crippen LogP contribution is -2.05. The minimum Gasteiger partial charge on any atom is -0.381 e. The molecular formula is C18H21N5. The van der Waals surface area contributed by atoms with Crippen molar-refractivity contribution in [2.75, 3.05) is 5.32 Å². The number of aryl methyl sites for hydroxylation is 4. The SMILES string of the molecule is Cc1ccc(C)c(CNc2ccc(C)c(-n3nnnc3C)c2)c1. The van der Waals surface area contributed by atoms with Crippen molar-refractivity contribution in [1.82, 2.24) is 20.2 Å². The Morgan fingerprint density at radius 1 is 0.957 bits per heavy atom. The fraction of sp³-hybridized carbons (Fsp3) is 0.278. The zero-order valence-electron chi connectivity index (χ0n) is 14.0. The first-order chi connectivity index (χ1) is 11.0. The van der Waals surface area contributed by atoms with Gasteiger partial charge >= 0.3 is 0 Å². The van der Waals surface area contributed by atoms with Crippen molar-refractivity contribution in [2.24, 2.45) is 0 Å². The highest BCUT2D eigenvalue weighted by Gasteiger charge is 2.08. The van der Waals surface area contributed by atoms with Crippen molar-refractivity contribution in [1.29, 1.82) is 0 Å². The summed E-state index contributed by atoms with van der Waals surface area (Å²) in [5.41, 5.74) is 7.08. The average molecular weight is 307 g/mol. The molecule has 1 aromatic heterocycles. The molecule has 5 nitrogen and oxygen atoms in total. The van der Waals surface area contributed by atoms with E-state index >= 15 is 0 Å². The van der Waals surface area contributed by atoms with Crippen molar-refractivity contribution in [3.05, 3.63) is 64.5 Å². The first-order valence-electron chi connectivity index (χ1n) is 7.70. The van der Waals surface area contributed by atoms with Crippen LogP contribution in [0.3, 0.4) is 0 Å². The predicted octanol–water partition coefficient (Wildman–Crippen LogP) is 3.51. The monoisotopic (exact) mass is 307 g/mol. The summed E-state index contributed by atoms with van der Waals surface area (Å²) in [6.07, 6.45) is 0. The van der Waals surface area contributed by atoms with Gasteiger partial charge in [0.2, 0.25) is 0 Å². The standard InChI is InChI=1S/C18H21N5/c1-12-5-6-13(2)16(9-12)11-19-17-8-7-14(3)18(10-17)23-15(4)20-21-22-23/h5-10,19H,11H2,1-4H3. The van der Waals surface area contributed by atoms with Crippen LogP contribution in [0, 0.1) is 27.7 Å². The molecule has 0 aliphatic rings. The van der Waals surface area contributed by atoms with E-state index in [9.17, 15) is 0 Å². The van der Waals surface area contributed by atoms with E-state index in [0.29, 0.717) is 0 Å². The van der Waals surface area contributed by atoms with Crippen LogP contribution < -0.4 is 5.32 Å². The number of nitrogens with zero attached hydrogens (tertiary/aromatic N) is 4. The third-order valence-electron chi connectivity index (χ3n) is 4.05. The smallest absolute Gasteiger partial charge is 0.153 e. The quantitative estimate of drug-likeness (QED) is 0.801. The van der Waals surface area contributed by atoms with Crippen LogP contribution in [-0.4, -0.2) is 20.2 Å². The number of tetrazole rings is 1. The van der Waals surface area contributed by atoms with Crippen LogP contribution >= 0.6 is 0 Å². The minimum atomic E-state index is 0.778. The molecule has 0 unspecified atom stereocenters. The highest BCUT2D eigenvalue weighted by atomic mass is 15.5. The number of aromatic nitrogens is 4. The third-order valence-corrected chi connectivity index (χ3v) is 4.05. The van der Waals surface area contributed by atoms with Gasteiger partial charge in [0.15, 0.2) is 5.82 Å². The van der Waals surface area contributed by atoms with Crippen LogP contribution in [-0.2, 0) is 6.54 Å². The van der Waals surface area contributed by atoms with Crippen LogP contribution in [0.5, 0.6) is 0 Å². The van der Waals surface area contributed by atoms with Crippen molar-refractivity contribution < 1.29 is 0 Å². The molecule has 23 heavy (non-hydrogen) atoms. The molecule has 0 radical (unpaired) electrons. The molecule has 3 rings (SSSR count). The number of hydrogen-bond acceptors (Lipinski definition) is 4. The van der Waals surface area contributed by atoms with Gasteiger partial charge in [0.05, 0.1) is 5.69 Å². The molecule has 0 saturated carbocycles. The molecule has 3 aromatic rings. The van der Waals surface area contributed by atoms with Gasteiger partial charge in [-0.1, -0.05) is 29.8 Å². The fourth-order valence-electron chi connectivity index (χ4n) is 2.59. The third kappa shape index (κ3) is 3.23. The van der Waals surface area contributed by atoms with Gasteiger partial charge in [0.25, 0.3) is 0 Å². The summed E-state index contributed by atoms with van der Waals surface area (Å²) in [5, 5.41) is 15.2. The summed E-state index contributed by atoms with van der Waals surface area (Å²) >= 11 is 0. The van der Waals surface area contributed by atoms with E-state index in [1.807, 2.05) is 6.92 Å². The van der Waals surface area contributed by atoms with Crippen molar-refractivity contribution in [3.63, 3.8) is 0 Å². The second kappa shape index (κ2) is 6.20. The van der Waals surface area contributed by atoms with E-state index in [0.717, 1.165) is 29.3 Å². The van der Waals surface area contributed by atoms with Crippen LogP contribution in [0.2, 0.25) is 0 Å². The molecule has 1 heterocycles. The Morgan fingerprint density at radius 2 is 1.74 bits per heavy atom. The number of rotatable bonds is 4. The summed E-state index contributed by atoms with van der Waals surface area (Å²) in [6, 6.07) is 12.8. The van der Waals surface area contributed by atoms with E-state index in [-0.39, 0.29) is 0 Å². The van der Waals surface area contributed by atoms with Gasteiger partial charge in [0, 0.05) is 12.2 Å². The lowest BCUT2D eigenvalue weighted by molar-refractivity contribution is 0.775. The Bertz CT molecular complexity index is 835. The molecule has 2 aromatic carbocycles. The lowest BCUT2D eigenvalue weighted by atomic mass is 10.1. The summed E-state index contributed by atoms with van der Waals surface area (Å²) in [6.45, 7) is 9.01. The number of anilines is 1. The largest absolute Gasteiger partial charge is 0.381 e. The van der Waals surface area contributed by atoms with Gasteiger partial charge < -0.3 is 5.32 Å². The van der Waals surface area contributed by atoms with Crippen molar-refractivity contribution >= 4 is 5.69 Å². The van der Waals surface area contributed by atoms with Crippen molar-refractivity contribution in [2.45, 2.75) is 34.2 Å². The molecule has 5 heteroatoms. The van der Waals surface area contributed by atoms with Crippen LogP contribution in [0.15, 0.2) is 36.4 Å². The molecular weight excluding hydrogens is 286 g/mol. The van der Waals surface area contributed by atoms with Crippen molar-refractivity contribution in [3.8, 4) is 5.69 Å². The Labute approximate surface area is 136 Å². The van der Waals surface area contributed by atoms with Crippen LogP contribution in [0.25, 0.3) is 5.69 Å². The second-order valence-electron chi connectivity index (χ2n) is 5.92. The zero-order chi connectivity index (χ0) is 16.4. The molecule has 0 aliphatic heterocycles. The predicted molar refractivity (Wildman–Crippen MR) is 91.9 cm³/mol. The number of nitrogens with one attached hydrogen (secondary N) is 1. The molecule has 0 spiro atoms. The summed E-state index contributed by atoms with van der Waals surface area (Å²) in [5.74, 6) is 0.778. The molecule has 0 fully saturated rings. The second-order valence-corrected chi connectivity index (χ2v) is 5.92. The first kappa shape index (κ1) is 15.2. The highest BCUT2D eigenvalue weighted by Crippen LogP contribution is 2.20. The van der Waals surface area contributed by atoms with Crippen LogP contribution in [0.4, 0.5) is 5.69 Å². The van der Waals surface area contributed by atoms with Gasteiger partial charge in [-0.05, 0) is 66.9 Å². The Kier molecular flexibility index (Phi) is 4.10. The first-order valence-corrected chi connectivity index (χ1v) is 7.70. The Morgan fingerprint density at radius 3 is 2.48 bits per heavy atom. The minimum absolute atomic E-state index is 0.778. The summed E-state index contributed by atoms with van der Waals surface area (Å²) in [7, 11) is 0. The van der Waals surface area contributed by atoms with Gasteiger partial charge in [-0.2, -0.15) is 4.68 Å². The molecule has 1 N–H and O–H groups in total. The van der Waals surface area contributed by atoms with E-state index in [1.54, 1.807) is 4.68 Å². The van der Waals surface area contributed by atoms with Crippen LogP contribution in [0.1, 0.15) is 28.1 Å². The van der Waals surface area contributed by atoms with E-state index < -0.39 is 0 Å². The topological polar surface area (TPSA) is 55.6 Å². The number of hydrogen-bond donors (Lipinski definition) is 1. The maximum Gasteiger partial charge on any atom is 0.153 e. The van der Waals surface area contributed by atoms with Gasteiger partial charge in [-0.25, -0.2) is 0 Å². The summed E-state index contributed by atoms with van der Waals surface area (Å²) in [4.78, 5) is 0. The maximum absolute atomic E-state index is 4.06. The molecule has 0 aliphatic carbocycles. The Balaban J connectivity index is 1.84. The molecule has 0 bridgehead atoms. The zero-order valence-corrected chi connectivity index (χ0v) is 14.0. The highest BCUT2D eigenvalue weighted by molar-refractivity contribution is 5.55. The van der Waals surface area contributed by atoms with E-state index in [2.05, 4.69) is 78.0 Å².